The van der Waals surface area contributed by atoms with E-state index < -0.39 is 0 Å². The van der Waals surface area contributed by atoms with Crippen molar-refractivity contribution in [3.05, 3.63) is 54.1 Å². The molecule has 0 saturated carbocycles. The summed E-state index contributed by atoms with van der Waals surface area (Å²) in [6.07, 6.45) is 0.422. The molecule has 160 valence electrons. The van der Waals surface area contributed by atoms with Crippen molar-refractivity contribution >= 4 is 17.5 Å². The monoisotopic (exact) mass is 410 g/mol. The third-order valence-corrected chi connectivity index (χ3v) is 5.17. The zero-order chi connectivity index (χ0) is 21.5. The van der Waals surface area contributed by atoms with Gasteiger partial charge in [-0.25, -0.2) is 0 Å². The van der Waals surface area contributed by atoms with E-state index in [-0.39, 0.29) is 24.3 Å². The molecule has 1 atom stereocenters. The number of ether oxygens (including phenoxy) is 2. The Balaban J connectivity index is 1.43. The van der Waals surface area contributed by atoms with Crippen LogP contribution in [0.2, 0.25) is 0 Å². The minimum atomic E-state index is -0.185. The van der Waals surface area contributed by atoms with Crippen molar-refractivity contribution in [2.24, 2.45) is 5.92 Å². The van der Waals surface area contributed by atoms with Crippen LogP contribution in [0.15, 0.2) is 48.5 Å². The Hall–Kier alpha value is -3.02. The fraction of sp³-hybridized carbons (Fsp3) is 0.417. The highest BCUT2D eigenvalue weighted by Crippen LogP contribution is 2.26. The quantitative estimate of drug-likeness (QED) is 0.684. The Kier molecular flexibility index (Phi) is 7.33. The molecule has 6 heteroatoms. The summed E-state index contributed by atoms with van der Waals surface area (Å²) in [5.74, 6) is 1.88. The highest BCUT2D eigenvalue weighted by Gasteiger charge is 2.30. The number of benzene rings is 2. The molecule has 0 aliphatic carbocycles. The maximum Gasteiger partial charge on any atom is 0.257 e. The van der Waals surface area contributed by atoms with Gasteiger partial charge in [0, 0.05) is 31.1 Å². The SMILES string of the molecule is CCOc1ccc(N2CC(CNC(=O)COc3ccc(C(C)C)cc3)CC2=O)cc1. The van der Waals surface area contributed by atoms with Crippen molar-refractivity contribution in [3.63, 3.8) is 0 Å². The Bertz CT molecular complexity index is 847. The van der Waals surface area contributed by atoms with E-state index in [4.69, 9.17) is 9.47 Å². The summed E-state index contributed by atoms with van der Waals surface area (Å²) >= 11 is 0. The molecular weight excluding hydrogens is 380 g/mol. The fourth-order valence-electron chi connectivity index (χ4n) is 3.46. The van der Waals surface area contributed by atoms with Crippen LogP contribution in [0, 0.1) is 5.92 Å². The fourth-order valence-corrected chi connectivity index (χ4v) is 3.46. The Labute approximate surface area is 178 Å². The maximum absolute atomic E-state index is 12.4. The minimum absolute atomic E-state index is 0.0374. The number of rotatable bonds is 9. The normalized spacial score (nSPS) is 16.1. The van der Waals surface area contributed by atoms with Crippen LogP contribution in [-0.4, -0.2) is 38.1 Å². The molecular formula is C24H30N2O4. The lowest BCUT2D eigenvalue weighted by Crippen LogP contribution is -2.34. The summed E-state index contributed by atoms with van der Waals surface area (Å²) in [6.45, 7) is 7.81. The largest absolute Gasteiger partial charge is 0.494 e. The van der Waals surface area contributed by atoms with Crippen LogP contribution in [0.4, 0.5) is 5.69 Å². The molecule has 30 heavy (non-hydrogen) atoms. The lowest BCUT2D eigenvalue weighted by atomic mass is 10.0. The van der Waals surface area contributed by atoms with Crippen molar-refractivity contribution in [1.82, 2.24) is 5.32 Å². The first-order valence-electron chi connectivity index (χ1n) is 10.5. The lowest BCUT2D eigenvalue weighted by molar-refractivity contribution is -0.123. The van der Waals surface area contributed by atoms with Crippen molar-refractivity contribution in [3.8, 4) is 11.5 Å². The van der Waals surface area contributed by atoms with E-state index in [2.05, 4.69) is 19.2 Å². The van der Waals surface area contributed by atoms with Crippen molar-refractivity contribution in [2.45, 2.75) is 33.1 Å². The molecule has 1 saturated heterocycles. The van der Waals surface area contributed by atoms with Gasteiger partial charge in [0.1, 0.15) is 11.5 Å². The van der Waals surface area contributed by atoms with E-state index in [1.54, 1.807) is 4.90 Å². The summed E-state index contributed by atoms with van der Waals surface area (Å²) in [4.78, 5) is 26.3. The van der Waals surface area contributed by atoms with Crippen LogP contribution in [0.1, 0.15) is 38.7 Å². The first kappa shape index (κ1) is 21.7. The van der Waals surface area contributed by atoms with Gasteiger partial charge in [0.25, 0.3) is 5.91 Å². The van der Waals surface area contributed by atoms with Crippen LogP contribution in [0.3, 0.4) is 0 Å². The smallest absolute Gasteiger partial charge is 0.257 e. The molecule has 2 aromatic rings. The highest BCUT2D eigenvalue weighted by atomic mass is 16.5. The van der Waals surface area contributed by atoms with Gasteiger partial charge in [-0.1, -0.05) is 26.0 Å². The number of anilines is 1. The molecule has 1 aliphatic heterocycles. The molecule has 0 bridgehead atoms. The second-order valence-electron chi connectivity index (χ2n) is 7.82. The summed E-state index contributed by atoms with van der Waals surface area (Å²) in [6, 6.07) is 15.3. The van der Waals surface area contributed by atoms with Crippen LogP contribution in [-0.2, 0) is 9.59 Å². The van der Waals surface area contributed by atoms with E-state index in [9.17, 15) is 9.59 Å². The second-order valence-corrected chi connectivity index (χ2v) is 7.82. The molecule has 3 rings (SSSR count). The van der Waals surface area contributed by atoms with Crippen molar-refractivity contribution in [1.29, 1.82) is 0 Å². The average molecular weight is 411 g/mol. The minimum Gasteiger partial charge on any atom is -0.494 e. The van der Waals surface area contributed by atoms with Gasteiger partial charge in [-0.3, -0.25) is 9.59 Å². The molecule has 1 unspecified atom stereocenters. The van der Waals surface area contributed by atoms with E-state index in [0.29, 0.717) is 37.8 Å². The van der Waals surface area contributed by atoms with E-state index in [0.717, 1.165) is 11.4 Å². The molecule has 0 spiro atoms. The molecule has 0 aromatic heterocycles. The predicted octanol–water partition coefficient (Wildman–Crippen LogP) is 3.76. The van der Waals surface area contributed by atoms with Crippen molar-refractivity contribution in [2.75, 3.05) is 31.2 Å². The van der Waals surface area contributed by atoms with Gasteiger partial charge in [0.2, 0.25) is 5.91 Å². The Morgan fingerprint density at radius 2 is 1.70 bits per heavy atom. The molecule has 0 radical (unpaired) electrons. The summed E-state index contributed by atoms with van der Waals surface area (Å²) in [5.41, 5.74) is 2.08. The first-order valence-corrected chi connectivity index (χ1v) is 10.5. The van der Waals surface area contributed by atoms with Gasteiger partial charge < -0.3 is 19.7 Å². The predicted molar refractivity (Wildman–Crippen MR) is 117 cm³/mol. The van der Waals surface area contributed by atoms with Crippen molar-refractivity contribution < 1.29 is 19.1 Å². The lowest BCUT2D eigenvalue weighted by Gasteiger charge is -2.17. The zero-order valence-corrected chi connectivity index (χ0v) is 17.9. The number of hydrogen-bond donors (Lipinski definition) is 1. The third kappa shape index (κ3) is 5.75. The van der Waals surface area contributed by atoms with E-state index >= 15 is 0 Å². The number of carbonyl (C=O) groups is 2. The number of hydrogen-bond acceptors (Lipinski definition) is 4. The highest BCUT2D eigenvalue weighted by molar-refractivity contribution is 5.95. The molecule has 2 aromatic carbocycles. The van der Waals surface area contributed by atoms with Gasteiger partial charge >= 0.3 is 0 Å². The van der Waals surface area contributed by atoms with Crippen LogP contribution < -0.4 is 19.7 Å². The number of nitrogens with zero attached hydrogens (tertiary/aromatic N) is 1. The second kappa shape index (κ2) is 10.1. The standard InChI is InChI=1S/C24H30N2O4/c1-4-29-21-11-7-20(8-12-21)26-15-18(13-24(26)28)14-25-23(27)16-30-22-9-5-19(6-10-22)17(2)3/h5-12,17-18H,4,13-16H2,1-3H3,(H,25,27). The number of carbonyl (C=O) groups excluding carboxylic acids is 2. The Morgan fingerprint density at radius 3 is 2.33 bits per heavy atom. The maximum atomic E-state index is 12.4. The summed E-state index contributed by atoms with van der Waals surface area (Å²) in [5, 5.41) is 2.88. The summed E-state index contributed by atoms with van der Waals surface area (Å²) < 4.78 is 11.0. The molecule has 1 heterocycles. The first-order chi connectivity index (χ1) is 14.5. The molecule has 6 nitrogen and oxygen atoms in total. The molecule has 1 fully saturated rings. The molecule has 2 amide bonds. The van der Waals surface area contributed by atoms with Crippen LogP contribution in [0.25, 0.3) is 0 Å². The van der Waals surface area contributed by atoms with Gasteiger partial charge in [0.05, 0.1) is 6.61 Å². The summed E-state index contributed by atoms with van der Waals surface area (Å²) in [7, 11) is 0. The number of nitrogens with one attached hydrogen (secondary N) is 1. The zero-order valence-electron chi connectivity index (χ0n) is 17.9. The Morgan fingerprint density at radius 1 is 1.07 bits per heavy atom. The van der Waals surface area contributed by atoms with Gasteiger partial charge in [-0.2, -0.15) is 0 Å². The molecule has 1 aliphatic rings. The van der Waals surface area contributed by atoms with Crippen LogP contribution >= 0.6 is 0 Å². The van der Waals surface area contributed by atoms with Gasteiger partial charge in [0.15, 0.2) is 6.61 Å². The van der Waals surface area contributed by atoms with Crippen LogP contribution in [0.5, 0.6) is 11.5 Å². The van der Waals surface area contributed by atoms with E-state index in [1.165, 1.54) is 5.56 Å². The molecule has 1 N–H and O–H groups in total. The topological polar surface area (TPSA) is 67.9 Å². The van der Waals surface area contributed by atoms with Gasteiger partial charge in [-0.15, -0.1) is 0 Å². The number of amides is 2. The average Bonchev–Trinajstić information content (AvgIpc) is 3.12. The van der Waals surface area contributed by atoms with E-state index in [1.807, 2.05) is 55.5 Å². The van der Waals surface area contributed by atoms with Gasteiger partial charge in [-0.05, 0) is 54.8 Å². The third-order valence-electron chi connectivity index (χ3n) is 5.17.